The van der Waals surface area contributed by atoms with E-state index < -0.39 is 0 Å². The lowest BCUT2D eigenvalue weighted by atomic mass is 10.0. The van der Waals surface area contributed by atoms with Gasteiger partial charge in [-0.2, -0.15) is 0 Å². The van der Waals surface area contributed by atoms with Gasteiger partial charge in [0.2, 0.25) is 0 Å². The Morgan fingerprint density at radius 2 is 1.70 bits per heavy atom. The molecule has 4 nitrogen and oxygen atoms in total. The maximum Gasteiger partial charge on any atom is 0.255 e. The number of hydrogen-bond acceptors (Lipinski definition) is 3. The quantitative estimate of drug-likeness (QED) is 0.629. The molecule has 138 valence electrons. The van der Waals surface area contributed by atoms with Crippen molar-refractivity contribution < 1.29 is 4.79 Å². The number of pyridine rings is 1. The summed E-state index contributed by atoms with van der Waals surface area (Å²) in [6.45, 7) is 4.92. The molecule has 0 radical (unpaired) electrons. The Kier molecular flexibility index (Phi) is 6.21. The number of rotatable bonds is 7. The first-order valence-corrected chi connectivity index (χ1v) is 9.27. The summed E-state index contributed by atoms with van der Waals surface area (Å²) in [5, 5.41) is 6.23. The standard InChI is InChI=1S/C23H25N3O/c1-17(2)19-10-12-20(13-11-19)26-22-21(9-6-15-24-22)23(27)25-16-14-18-7-4-3-5-8-18/h3-13,15,17H,14,16H2,1-2H3,(H,24,26)(H,25,27). The summed E-state index contributed by atoms with van der Waals surface area (Å²) in [6.07, 6.45) is 2.48. The monoisotopic (exact) mass is 359 g/mol. The number of anilines is 2. The fraction of sp³-hybridized carbons (Fsp3) is 0.217. The molecule has 0 fully saturated rings. The number of hydrogen-bond donors (Lipinski definition) is 2. The molecule has 2 aromatic carbocycles. The number of amides is 1. The Balaban J connectivity index is 1.65. The zero-order chi connectivity index (χ0) is 19.1. The Morgan fingerprint density at radius 3 is 2.41 bits per heavy atom. The van der Waals surface area contributed by atoms with Crippen molar-refractivity contribution in [2.24, 2.45) is 0 Å². The van der Waals surface area contributed by atoms with Crippen molar-refractivity contribution in [1.29, 1.82) is 0 Å². The molecule has 3 aromatic rings. The van der Waals surface area contributed by atoms with Crippen LogP contribution in [0.3, 0.4) is 0 Å². The summed E-state index contributed by atoms with van der Waals surface area (Å²) < 4.78 is 0. The van der Waals surface area contributed by atoms with Crippen LogP contribution in [-0.4, -0.2) is 17.4 Å². The van der Waals surface area contributed by atoms with E-state index in [2.05, 4.69) is 53.7 Å². The van der Waals surface area contributed by atoms with E-state index >= 15 is 0 Å². The molecule has 0 aliphatic heterocycles. The number of benzene rings is 2. The normalized spacial score (nSPS) is 10.6. The highest BCUT2D eigenvalue weighted by Gasteiger charge is 2.12. The van der Waals surface area contributed by atoms with E-state index in [4.69, 9.17) is 0 Å². The highest BCUT2D eigenvalue weighted by Crippen LogP contribution is 2.21. The van der Waals surface area contributed by atoms with Crippen LogP contribution >= 0.6 is 0 Å². The van der Waals surface area contributed by atoms with Gasteiger partial charge in [0.1, 0.15) is 5.82 Å². The van der Waals surface area contributed by atoms with Crippen LogP contribution in [0.25, 0.3) is 0 Å². The first kappa shape index (κ1) is 18.6. The molecule has 1 aromatic heterocycles. The van der Waals surface area contributed by atoms with Crippen molar-refractivity contribution in [3.8, 4) is 0 Å². The van der Waals surface area contributed by atoms with Gasteiger partial charge in [0.15, 0.2) is 0 Å². The van der Waals surface area contributed by atoms with Gasteiger partial charge in [-0.25, -0.2) is 4.98 Å². The average Bonchev–Trinajstić information content (AvgIpc) is 2.69. The molecule has 0 saturated heterocycles. The van der Waals surface area contributed by atoms with Crippen molar-refractivity contribution in [2.45, 2.75) is 26.2 Å². The van der Waals surface area contributed by atoms with Crippen molar-refractivity contribution in [2.75, 3.05) is 11.9 Å². The third-order valence-corrected chi connectivity index (χ3v) is 4.43. The summed E-state index contributed by atoms with van der Waals surface area (Å²) in [6, 6.07) is 21.9. The molecule has 2 N–H and O–H groups in total. The number of nitrogens with one attached hydrogen (secondary N) is 2. The fourth-order valence-corrected chi connectivity index (χ4v) is 2.84. The minimum Gasteiger partial charge on any atom is -0.352 e. The van der Waals surface area contributed by atoms with Crippen LogP contribution in [0.1, 0.15) is 41.3 Å². The second kappa shape index (κ2) is 8.99. The van der Waals surface area contributed by atoms with Crippen LogP contribution < -0.4 is 10.6 Å². The minimum atomic E-state index is -0.125. The van der Waals surface area contributed by atoms with Gasteiger partial charge >= 0.3 is 0 Å². The predicted octanol–water partition coefficient (Wildman–Crippen LogP) is 4.92. The average molecular weight is 359 g/mol. The van der Waals surface area contributed by atoms with E-state index in [0.717, 1.165) is 12.1 Å². The molecule has 4 heteroatoms. The second-order valence-corrected chi connectivity index (χ2v) is 6.79. The molecule has 0 atom stereocenters. The van der Waals surface area contributed by atoms with Gasteiger partial charge in [0.05, 0.1) is 5.56 Å². The Bertz CT molecular complexity index is 874. The number of nitrogens with zero attached hydrogens (tertiary/aromatic N) is 1. The fourth-order valence-electron chi connectivity index (χ4n) is 2.84. The Labute approximate surface area is 160 Å². The van der Waals surface area contributed by atoms with E-state index in [0.29, 0.717) is 23.8 Å². The zero-order valence-electron chi connectivity index (χ0n) is 15.8. The van der Waals surface area contributed by atoms with Crippen molar-refractivity contribution in [3.05, 3.63) is 89.6 Å². The van der Waals surface area contributed by atoms with Gasteiger partial charge in [-0.3, -0.25) is 4.79 Å². The lowest BCUT2D eigenvalue weighted by Gasteiger charge is -2.12. The highest BCUT2D eigenvalue weighted by atomic mass is 16.1. The molecule has 1 amide bonds. The first-order valence-electron chi connectivity index (χ1n) is 9.27. The smallest absolute Gasteiger partial charge is 0.255 e. The second-order valence-electron chi connectivity index (χ2n) is 6.79. The van der Waals surface area contributed by atoms with E-state index in [1.54, 1.807) is 18.3 Å². The molecule has 0 saturated carbocycles. The summed E-state index contributed by atoms with van der Waals surface area (Å²) in [7, 11) is 0. The van der Waals surface area contributed by atoms with Crippen LogP contribution in [0.15, 0.2) is 72.9 Å². The van der Waals surface area contributed by atoms with Crippen molar-refractivity contribution >= 4 is 17.4 Å². The van der Waals surface area contributed by atoms with Crippen LogP contribution in [-0.2, 0) is 6.42 Å². The molecule has 0 spiro atoms. The van der Waals surface area contributed by atoms with Crippen molar-refractivity contribution in [3.63, 3.8) is 0 Å². The summed E-state index contributed by atoms with van der Waals surface area (Å²) in [4.78, 5) is 16.9. The van der Waals surface area contributed by atoms with E-state index in [-0.39, 0.29) is 5.91 Å². The zero-order valence-corrected chi connectivity index (χ0v) is 15.8. The molecule has 0 unspecified atom stereocenters. The third kappa shape index (κ3) is 5.17. The summed E-state index contributed by atoms with van der Waals surface area (Å²) in [5.41, 5.74) is 3.93. The number of carbonyl (C=O) groups is 1. The topological polar surface area (TPSA) is 54.0 Å². The molecule has 1 heterocycles. The number of carbonyl (C=O) groups excluding carboxylic acids is 1. The van der Waals surface area contributed by atoms with Crippen molar-refractivity contribution in [1.82, 2.24) is 10.3 Å². The van der Waals surface area contributed by atoms with Crippen LogP contribution in [0, 0.1) is 0 Å². The molecule has 27 heavy (non-hydrogen) atoms. The predicted molar refractivity (Wildman–Crippen MR) is 111 cm³/mol. The van der Waals surface area contributed by atoms with Gasteiger partial charge in [-0.15, -0.1) is 0 Å². The first-order chi connectivity index (χ1) is 13.1. The minimum absolute atomic E-state index is 0.125. The summed E-state index contributed by atoms with van der Waals surface area (Å²) in [5.74, 6) is 0.923. The molecule has 3 rings (SSSR count). The molecule has 0 bridgehead atoms. The molecular weight excluding hydrogens is 334 g/mol. The SMILES string of the molecule is CC(C)c1ccc(Nc2ncccc2C(=O)NCCc2ccccc2)cc1. The molecule has 0 aliphatic carbocycles. The molecule has 0 aliphatic rings. The maximum atomic E-state index is 12.6. The lowest BCUT2D eigenvalue weighted by molar-refractivity contribution is 0.0954. The number of aromatic nitrogens is 1. The van der Waals surface area contributed by atoms with Gasteiger partial charge in [0.25, 0.3) is 5.91 Å². The van der Waals surface area contributed by atoms with Gasteiger partial charge in [-0.1, -0.05) is 56.3 Å². The Hall–Kier alpha value is -3.14. The van der Waals surface area contributed by atoms with Gasteiger partial charge < -0.3 is 10.6 Å². The largest absolute Gasteiger partial charge is 0.352 e. The van der Waals surface area contributed by atoms with Crippen LogP contribution in [0.2, 0.25) is 0 Å². The van der Waals surface area contributed by atoms with E-state index in [1.807, 2.05) is 30.3 Å². The van der Waals surface area contributed by atoms with Crippen LogP contribution in [0.5, 0.6) is 0 Å². The lowest BCUT2D eigenvalue weighted by Crippen LogP contribution is -2.26. The van der Waals surface area contributed by atoms with Crippen LogP contribution in [0.4, 0.5) is 11.5 Å². The summed E-state index contributed by atoms with van der Waals surface area (Å²) >= 11 is 0. The van der Waals surface area contributed by atoms with Gasteiger partial charge in [-0.05, 0) is 47.7 Å². The third-order valence-electron chi connectivity index (χ3n) is 4.43. The van der Waals surface area contributed by atoms with E-state index in [9.17, 15) is 4.79 Å². The Morgan fingerprint density at radius 1 is 0.963 bits per heavy atom. The maximum absolute atomic E-state index is 12.6. The van der Waals surface area contributed by atoms with Gasteiger partial charge in [0, 0.05) is 18.4 Å². The highest BCUT2D eigenvalue weighted by molar-refractivity contribution is 5.99. The molecular formula is C23H25N3O. The van der Waals surface area contributed by atoms with E-state index in [1.165, 1.54) is 11.1 Å².